The third-order valence-electron chi connectivity index (χ3n) is 6.69. The summed E-state index contributed by atoms with van der Waals surface area (Å²) in [7, 11) is 0. The van der Waals surface area contributed by atoms with E-state index in [1.165, 1.54) is 5.56 Å². The summed E-state index contributed by atoms with van der Waals surface area (Å²) in [5.74, 6) is 1.59. The van der Waals surface area contributed by atoms with E-state index in [0.717, 1.165) is 66.1 Å². The average molecular weight is 532 g/mol. The molecule has 2 heterocycles. The van der Waals surface area contributed by atoms with Gasteiger partial charge in [-0.1, -0.05) is 78.3 Å². The van der Waals surface area contributed by atoms with Crippen molar-refractivity contribution in [3.63, 3.8) is 0 Å². The predicted octanol–water partition coefficient (Wildman–Crippen LogP) is 5.97. The highest BCUT2D eigenvalue weighted by atomic mass is 35.5. The summed E-state index contributed by atoms with van der Waals surface area (Å²) in [5, 5.41) is 10.5. The topological polar surface area (TPSA) is 54.3 Å². The highest BCUT2D eigenvalue weighted by Crippen LogP contribution is 2.31. The highest BCUT2D eigenvalue weighted by molar-refractivity contribution is 7.98. The number of amides is 1. The number of hydrogen-bond donors (Lipinski definition) is 0. The first-order valence-electron chi connectivity index (χ1n) is 12.5. The molecule has 4 aromatic rings. The lowest BCUT2D eigenvalue weighted by Gasteiger charge is -2.34. The van der Waals surface area contributed by atoms with Gasteiger partial charge in [0.15, 0.2) is 11.0 Å². The monoisotopic (exact) mass is 531 g/mol. The van der Waals surface area contributed by atoms with E-state index in [-0.39, 0.29) is 5.91 Å². The fourth-order valence-corrected chi connectivity index (χ4v) is 5.53. The third kappa shape index (κ3) is 5.90. The summed E-state index contributed by atoms with van der Waals surface area (Å²) in [6, 6.07) is 23.9. The number of likely N-dealkylation sites (N-methyl/N-ethyl adjacent to an activating group) is 1. The predicted molar refractivity (Wildman–Crippen MR) is 151 cm³/mol. The molecule has 0 unspecified atom stereocenters. The van der Waals surface area contributed by atoms with E-state index < -0.39 is 0 Å². The van der Waals surface area contributed by atoms with E-state index in [1.54, 1.807) is 11.8 Å². The Hall–Kier alpha value is -3.13. The second-order valence-electron chi connectivity index (χ2n) is 9.20. The minimum atomic E-state index is 0.110. The molecule has 1 aliphatic rings. The smallest absolute Gasteiger partial charge is 0.253 e. The van der Waals surface area contributed by atoms with E-state index in [4.69, 9.17) is 11.6 Å². The lowest BCUT2D eigenvalue weighted by molar-refractivity contribution is 0.0643. The van der Waals surface area contributed by atoms with Gasteiger partial charge in [0.05, 0.1) is 5.69 Å². The Morgan fingerprint density at radius 2 is 1.68 bits per heavy atom. The van der Waals surface area contributed by atoms with Gasteiger partial charge in [-0.05, 0) is 49.4 Å². The number of rotatable bonds is 7. The van der Waals surface area contributed by atoms with Gasteiger partial charge in [0, 0.05) is 48.1 Å². The van der Waals surface area contributed by atoms with Gasteiger partial charge in [-0.2, -0.15) is 0 Å². The first-order chi connectivity index (χ1) is 18.0. The molecule has 37 heavy (non-hydrogen) atoms. The molecular weight excluding hydrogens is 502 g/mol. The first-order valence-corrected chi connectivity index (χ1v) is 13.9. The number of carbonyl (C=O) groups excluding carboxylic acids is 1. The first kappa shape index (κ1) is 25.5. The maximum atomic E-state index is 12.9. The number of nitrogens with zero attached hydrogens (tertiary/aromatic N) is 5. The molecule has 0 aliphatic carbocycles. The highest BCUT2D eigenvalue weighted by Gasteiger charge is 2.21. The zero-order valence-corrected chi connectivity index (χ0v) is 22.7. The van der Waals surface area contributed by atoms with Crippen LogP contribution in [0.1, 0.15) is 28.4 Å². The second kappa shape index (κ2) is 11.5. The minimum Gasteiger partial charge on any atom is -0.336 e. The Morgan fingerprint density at radius 3 is 2.35 bits per heavy atom. The van der Waals surface area contributed by atoms with Crippen LogP contribution in [0.5, 0.6) is 0 Å². The molecule has 0 N–H and O–H groups in total. The van der Waals surface area contributed by atoms with Gasteiger partial charge in [0.25, 0.3) is 5.91 Å². The molecule has 1 aromatic heterocycles. The van der Waals surface area contributed by atoms with Crippen molar-refractivity contribution in [1.82, 2.24) is 24.6 Å². The van der Waals surface area contributed by atoms with Gasteiger partial charge >= 0.3 is 0 Å². The van der Waals surface area contributed by atoms with Gasteiger partial charge < -0.3 is 9.80 Å². The lowest BCUT2D eigenvalue weighted by Crippen LogP contribution is -2.48. The molecule has 3 aromatic carbocycles. The summed E-state index contributed by atoms with van der Waals surface area (Å²) < 4.78 is 2.05. The van der Waals surface area contributed by atoms with Gasteiger partial charge in [-0.3, -0.25) is 9.36 Å². The molecule has 0 radical (unpaired) electrons. The van der Waals surface area contributed by atoms with Crippen molar-refractivity contribution >= 4 is 29.3 Å². The van der Waals surface area contributed by atoms with Crippen molar-refractivity contribution in [3.8, 4) is 17.1 Å². The van der Waals surface area contributed by atoms with Crippen LogP contribution < -0.4 is 0 Å². The van der Waals surface area contributed by atoms with Crippen molar-refractivity contribution in [2.75, 3.05) is 32.7 Å². The standard InChI is InChI=1S/C29H30ClN5OS/c1-3-33-15-17-34(18-16-33)28(36)24-13-9-22(10-14-24)20-37-29-32-31-27(23-11-7-21(2)8-12-23)35(29)26-6-4-5-25(30)19-26/h4-14,19H,3,15-18,20H2,1-2H3. The van der Waals surface area contributed by atoms with E-state index in [2.05, 4.69) is 57.8 Å². The maximum absolute atomic E-state index is 12.9. The molecule has 1 amide bonds. The molecule has 0 saturated carbocycles. The molecule has 1 aliphatic heterocycles. The summed E-state index contributed by atoms with van der Waals surface area (Å²) in [4.78, 5) is 17.3. The Balaban J connectivity index is 1.33. The van der Waals surface area contributed by atoms with Crippen LogP contribution in [0.15, 0.2) is 78.0 Å². The third-order valence-corrected chi connectivity index (χ3v) is 7.92. The number of carbonyl (C=O) groups is 1. The quantitative estimate of drug-likeness (QED) is 0.275. The van der Waals surface area contributed by atoms with Crippen molar-refractivity contribution in [3.05, 3.63) is 94.5 Å². The number of aromatic nitrogens is 3. The van der Waals surface area contributed by atoms with Gasteiger partial charge in [0.2, 0.25) is 0 Å². The van der Waals surface area contributed by atoms with Gasteiger partial charge in [-0.25, -0.2) is 0 Å². The maximum Gasteiger partial charge on any atom is 0.253 e. The fourth-order valence-electron chi connectivity index (χ4n) is 4.44. The van der Waals surface area contributed by atoms with Crippen LogP contribution in [-0.4, -0.2) is 63.2 Å². The van der Waals surface area contributed by atoms with Crippen LogP contribution in [-0.2, 0) is 5.75 Å². The zero-order valence-electron chi connectivity index (χ0n) is 21.1. The van der Waals surface area contributed by atoms with Crippen LogP contribution in [0.3, 0.4) is 0 Å². The fraction of sp³-hybridized carbons (Fsp3) is 0.276. The molecular formula is C29H30ClN5OS. The average Bonchev–Trinajstić information content (AvgIpc) is 3.36. The summed E-state index contributed by atoms with van der Waals surface area (Å²) in [6.07, 6.45) is 0. The zero-order chi connectivity index (χ0) is 25.8. The van der Waals surface area contributed by atoms with E-state index in [9.17, 15) is 4.79 Å². The second-order valence-corrected chi connectivity index (χ2v) is 10.6. The Labute approximate surface area is 227 Å². The van der Waals surface area contributed by atoms with Crippen LogP contribution in [0.4, 0.5) is 0 Å². The van der Waals surface area contributed by atoms with Crippen LogP contribution >= 0.6 is 23.4 Å². The number of thioether (sulfide) groups is 1. The van der Waals surface area contributed by atoms with Crippen molar-refractivity contribution in [2.45, 2.75) is 24.8 Å². The Bertz CT molecular complexity index is 1360. The van der Waals surface area contributed by atoms with E-state index >= 15 is 0 Å². The van der Waals surface area contributed by atoms with E-state index in [1.807, 2.05) is 53.4 Å². The molecule has 0 atom stereocenters. The summed E-state index contributed by atoms with van der Waals surface area (Å²) >= 11 is 7.93. The van der Waals surface area contributed by atoms with E-state index in [0.29, 0.717) is 10.8 Å². The summed E-state index contributed by atoms with van der Waals surface area (Å²) in [5.41, 5.74) is 4.96. The van der Waals surface area contributed by atoms with Crippen LogP contribution in [0.25, 0.3) is 17.1 Å². The van der Waals surface area contributed by atoms with Crippen LogP contribution in [0.2, 0.25) is 5.02 Å². The number of halogens is 1. The largest absolute Gasteiger partial charge is 0.336 e. The molecule has 0 bridgehead atoms. The molecule has 8 heteroatoms. The van der Waals surface area contributed by atoms with Gasteiger partial charge in [0.1, 0.15) is 0 Å². The molecule has 190 valence electrons. The molecule has 6 nitrogen and oxygen atoms in total. The lowest BCUT2D eigenvalue weighted by atomic mass is 10.1. The normalized spacial score (nSPS) is 14.2. The van der Waals surface area contributed by atoms with Crippen LogP contribution in [0, 0.1) is 6.92 Å². The van der Waals surface area contributed by atoms with Gasteiger partial charge in [-0.15, -0.1) is 10.2 Å². The van der Waals surface area contributed by atoms with Crippen molar-refractivity contribution < 1.29 is 4.79 Å². The Kier molecular flexibility index (Phi) is 7.93. The molecule has 0 spiro atoms. The summed E-state index contributed by atoms with van der Waals surface area (Å²) in [6.45, 7) is 8.71. The SMILES string of the molecule is CCN1CCN(C(=O)c2ccc(CSc3nnc(-c4ccc(C)cc4)n3-c3cccc(Cl)c3)cc2)CC1. The Morgan fingerprint density at radius 1 is 0.946 bits per heavy atom. The number of aryl methyl sites for hydroxylation is 1. The van der Waals surface area contributed by atoms with Crippen molar-refractivity contribution in [1.29, 1.82) is 0 Å². The van der Waals surface area contributed by atoms with Crippen molar-refractivity contribution in [2.24, 2.45) is 0 Å². The minimum absolute atomic E-state index is 0.110. The number of benzene rings is 3. The molecule has 1 saturated heterocycles. The number of hydrogen-bond acceptors (Lipinski definition) is 5. The molecule has 5 rings (SSSR count). The molecule has 1 fully saturated rings. The number of piperazine rings is 1.